The second kappa shape index (κ2) is 3.15. The standard InChI is InChI=1S/C6H9BrFNO/c7-4-1-3(8)2-5(9)6(4)10/h3-6,10H,1-2H2. The first-order chi connectivity index (χ1) is 4.61. The van der Waals surface area contributed by atoms with Crippen LogP contribution < -0.4 is 5.73 Å². The van der Waals surface area contributed by atoms with Gasteiger partial charge in [0.25, 0.3) is 0 Å². The molecule has 1 aliphatic rings. The molecular weight excluding hydrogens is 201 g/mol. The van der Waals surface area contributed by atoms with Gasteiger partial charge in [-0.15, -0.1) is 5.73 Å². The van der Waals surface area contributed by atoms with E-state index in [0.717, 1.165) is 0 Å². The molecule has 2 radical (unpaired) electrons. The van der Waals surface area contributed by atoms with Crippen molar-refractivity contribution in [2.75, 3.05) is 0 Å². The highest BCUT2D eigenvalue weighted by atomic mass is 79.9. The minimum atomic E-state index is -0.984. The van der Waals surface area contributed by atoms with Gasteiger partial charge < -0.3 is 5.11 Å². The largest absolute Gasteiger partial charge is 0.390 e. The van der Waals surface area contributed by atoms with E-state index in [0.29, 0.717) is 0 Å². The van der Waals surface area contributed by atoms with Crippen LogP contribution in [0.15, 0.2) is 0 Å². The number of alkyl halides is 2. The Morgan fingerprint density at radius 2 is 2.10 bits per heavy atom. The van der Waals surface area contributed by atoms with Crippen molar-refractivity contribution in [2.45, 2.75) is 36.0 Å². The second-order valence-corrected chi connectivity index (χ2v) is 3.82. The predicted molar refractivity (Wildman–Crippen MR) is 38.8 cm³/mol. The zero-order valence-electron chi connectivity index (χ0n) is 5.37. The Morgan fingerprint density at radius 3 is 2.60 bits per heavy atom. The first-order valence-electron chi connectivity index (χ1n) is 3.25. The zero-order valence-corrected chi connectivity index (χ0v) is 6.96. The van der Waals surface area contributed by atoms with E-state index in [1.54, 1.807) is 0 Å². The molecule has 0 bridgehead atoms. The highest BCUT2D eigenvalue weighted by molar-refractivity contribution is 9.09. The SMILES string of the molecule is [N]C1CC(F)CC(Br)C1O. The Labute approximate surface area is 67.7 Å². The van der Waals surface area contributed by atoms with Crippen molar-refractivity contribution in [3.8, 4) is 0 Å². The summed E-state index contributed by atoms with van der Waals surface area (Å²) >= 11 is 3.08. The van der Waals surface area contributed by atoms with E-state index in [-0.39, 0.29) is 17.7 Å². The third kappa shape index (κ3) is 1.68. The Bertz CT molecular complexity index is 112. The molecule has 1 fully saturated rings. The predicted octanol–water partition coefficient (Wildman–Crippen LogP) is 0.680. The second-order valence-electron chi connectivity index (χ2n) is 2.64. The van der Waals surface area contributed by atoms with Gasteiger partial charge in [0.15, 0.2) is 0 Å². The Balaban J connectivity index is 2.49. The molecule has 0 saturated heterocycles. The molecule has 1 N–H and O–H groups in total. The lowest BCUT2D eigenvalue weighted by atomic mass is 9.92. The summed E-state index contributed by atoms with van der Waals surface area (Å²) in [7, 11) is 0. The molecule has 2 nitrogen and oxygen atoms in total. The first kappa shape index (κ1) is 8.43. The van der Waals surface area contributed by atoms with Gasteiger partial charge in [-0.3, -0.25) is 0 Å². The average molecular weight is 210 g/mol. The molecule has 1 aliphatic carbocycles. The molecule has 1 rings (SSSR count). The molecular formula is C6H9BrFNO. The highest BCUT2D eigenvalue weighted by Crippen LogP contribution is 2.26. The van der Waals surface area contributed by atoms with Crippen molar-refractivity contribution in [1.29, 1.82) is 0 Å². The van der Waals surface area contributed by atoms with Gasteiger partial charge in [-0.2, -0.15) is 0 Å². The fraction of sp³-hybridized carbons (Fsp3) is 1.00. The van der Waals surface area contributed by atoms with Crippen LogP contribution in [0.2, 0.25) is 0 Å². The van der Waals surface area contributed by atoms with Gasteiger partial charge in [-0.05, 0) is 12.8 Å². The number of halogens is 2. The number of rotatable bonds is 0. The quantitative estimate of drug-likeness (QED) is 0.587. The average Bonchev–Trinajstić information content (AvgIpc) is 1.82. The van der Waals surface area contributed by atoms with Crippen LogP contribution in [0.3, 0.4) is 0 Å². The van der Waals surface area contributed by atoms with Crippen molar-refractivity contribution >= 4 is 15.9 Å². The summed E-state index contributed by atoms with van der Waals surface area (Å²) in [6.45, 7) is 0. The molecule has 0 amide bonds. The van der Waals surface area contributed by atoms with Crippen molar-refractivity contribution in [1.82, 2.24) is 5.73 Å². The molecule has 0 aromatic carbocycles. The number of aliphatic hydroxyl groups is 1. The molecule has 0 heterocycles. The number of hydrogen-bond donors (Lipinski definition) is 1. The molecule has 0 aliphatic heterocycles. The lowest BCUT2D eigenvalue weighted by Gasteiger charge is -2.29. The van der Waals surface area contributed by atoms with Gasteiger partial charge in [0.2, 0.25) is 0 Å². The van der Waals surface area contributed by atoms with E-state index >= 15 is 0 Å². The number of nitrogens with zero attached hydrogens (tertiary/aromatic N) is 1. The molecule has 4 heteroatoms. The molecule has 0 aromatic rings. The lowest BCUT2D eigenvalue weighted by Crippen LogP contribution is -2.43. The van der Waals surface area contributed by atoms with E-state index in [2.05, 4.69) is 15.9 Å². The zero-order chi connectivity index (χ0) is 7.72. The Hall–Kier alpha value is 0.330. The maximum absolute atomic E-state index is 12.6. The normalized spacial score (nSPS) is 49.2. The van der Waals surface area contributed by atoms with Crippen LogP contribution in [0.5, 0.6) is 0 Å². The van der Waals surface area contributed by atoms with Crippen molar-refractivity contribution in [2.24, 2.45) is 0 Å². The highest BCUT2D eigenvalue weighted by Gasteiger charge is 2.34. The van der Waals surface area contributed by atoms with E-state index in [1.807, 2.05) is 0 Å². The summed E-state index contributed by atoms with van der Waals surface area (Å²) in [6, 6.07) is -0.909. The van der Waals surface area contributed by atoms with Crippen LogP contribution in [-0.2, 0) is 0 Å². The van der Waals surface area contributed by atoms with Gasteiger partial charge in [0, 0.05) is 4.83 Å². The number of hydrogen-bond acceptors (Lipinski definition) is 1. The minimum absolute atomic E-state index is 0.0588. The van der Waals surface area contributed by atoms with Crippen LogP contribution in [0.25, 0.3) is 0 Å². The summed E-state index contributed by atoms with van der Waals surface area (Å²) in [4.78, 5) is -0.300. The topological polar surface area (TPSA) is 42.5 Å². The molecule has 0 aromatic heterocycles. The van der Waals surface area contributed by atoms with Gasteiger partial charge in [0.1, 0.15) is 6.17 Å². The Morgan fingerprint density at radius 1 is 1.50 bits per heavy atom. The van der Waals surface area contributed by atoms with E-state index in [1.165, 1.54) is 0 Å². The summed E-state index contributed by atoms with van der Waals surface area (Å²) in [5.41, 5.74) is 9.00. The monoisotopic (exact) mass is 209 g/mol. The van der Waals surface area contributed by atoms with Crippen LogP contribution >= 0.6 is 15.9 Å². The van der Waals surface area contributed by atoms with Gasteiger partial charge >= 0.3 is 0 Å². The van der Waals surface area contributed by atoms with Crippen LogP contribution in [0.4, 0.5) is 4.39 Å². The van der Waals surface area contributed by atoms with Gasteiger partial charge in [-0.1, -0.05) is 15.9 Å². The molecule has 4 atom stereocenters. The Kier molecular flexibility index (Phi) is 2.66. The van der Waals surface area contributed by atoms with E-state index in [4.69, 9.17) is 10.8 Å². The van der Waals surface area contributed by atoms with Crippen molar-refractivity contribution in [3.05, 3.63) is 0 Å². The van der Waals surface area contributed by atoms with E-state index in [9.17, 15) is 4.39 Å². The molecule has 4 unspecified atom stereocenters. The van der Waals surface area contributed by atoms with Crippen LogP contribution in [-0.4, -0.2) is 28.3 Å². The minimum Gasteiger partial charge on any atom is -0.390 e. The molecule has 0 spiro atoms. The molecule has 10 heavy (non-hydrogen) atoms. The molecule has 1 saturated carbocycles. The molecule has 58 valence electrons. The summed E-state index contributed by atoms with van der Waals surface area (Å²) in [5.74, 6) is 0. The van der Waals surface area contributed by atoms with Crippen molar-refractivity contribution < 1.29 is 9.50 Å². The maximum Gasteiger partial charge on any atom is 0.103 e. The lowest BCUT2D eigenvalue weighted by molar-refractivity contribution is 0.0792. The maximum atomic E-state index is 12.6. The van der Waals surface area contributed by atoms with Gasteiger partial charge in [0.05, 0.1) is 12.1 Å². The fourth-order valence-corrected chi connectivity index (χ4v) is 1.88. The third-order valence-corrected chi connectivity index (χ3v) is 2.66. The van der Waals surface area contributed by atoms with Crippen LogP contribution in [0.1, 0.15) is 12.8 Å². The smallest absolute Gasteiger partial charge is 0.103 e. The fourth-order valence-electron chi connectivity index (χ4n) is 1.12. The summed E-state index contributed by atoms with van der Waals surface area (Å²) in [5, 5.41) is 9.10. The van der Waals surface area contributed by atoms with Crippen LogP contribution in [0, 0.1) is 0 Å². The van der Waals surface area contributed by atoms with Crippen molar-refractivity contribution in [3.63, 3.8) is 0 Å². The van der Waals surface area contributed by atoms with Gasteiger partial charge in [-0.25, -0.2) is 4.39 Å². The van der Waals surface area contributed by atoms with E-state index < -0.39 is 18.3 Å². The third-order valence-electron chi connectivity index (χ3n) is 1.74. The number of aliphatic hydroxyl groups excluding tert-OH is 1. The summed E-state index contributed by atoms with van der Waals surface area (Å²) < 4.78 is 12.6. The summed E-state index contributed by atoms with van der Waals surface area (Å²) in [6.07, 6.45) is -1.45. The first-order valence-corrected chi connectivity index (χ1v) is 4.17.